The molecule has 0 spiro atoms. The summed E-state index contributed by atoms with van der Waals surface area (Å²) >= 11 is 7.24. The van der Waals surface area contributed by atoms with Crippen molar-refractivity contribution in [3.63, 3.8) is 0 Å². The molecule has 2 aromatic heterocycles. The quantitative estimate of drug-likeness (QED) is 0.795. The maximum Gasteiger partial charge on any atom is 0.345 e. The van der Waals surface area contributed by atoms with E-state index >= 15 is 0 Å². The first-order chi connectivity index (χ1) is 9.60. The first-order valence-corrected chi connectivity index (χ1v) is 7.30. The Balaban J connectivity index is 2.27. The van der Waals surface area contributed by atoms with Gasteiger partial charge in [-0.15, -0.1) is 11.3 Å². The van der Waals surface area contributed by atoms with E-state index in [-0.39, 0.29) is 0 Å². The number of fused-ring (bicyclic) bond motifs is 1. The molecule has 0 bridgehead atoms. The monoisotopic (exact) mass is 306 g/mol. The van der Waals surface area contributed by atoms with Crippen LogP contribution >= 0.6 is 22.9 Å². The lowest BCUT2D eigenvalue weighted by Gasteiger charge is -2.02. The minimum Gasteiger partial charge on any atom is -0.477 e. The number of benzene rings is 1. The summed E-state index contributed by atoms with van der Waals surface area (Å²) in [7, 11) is 0. The molecule has 0 aliphatic heterocycles. The zero-order chi connectivity index (χ0) is 14.3. The van der Waals surface area contributed by atoms with Gasteiger partial charge in [-0.2, -0.15) is 5.10 Å². The summed E-state index contributed by atoms with van der Waals surface area (Å²) in [5.41, 5.74) is 1.73. The third-order valence-electron chi connectivity index (χ3n) is 3.03. The van der Waals surface area contributed by atoms with Crippen LogP contribution in [0, 0.1) is 0 Å². The maximum absolute atomic E-state index is 11.1. The smallest absolute Gasteiger partial charge is 0.345 e. The number of rotatable bonds is 3. The summed E-state index contributed by atoms with van der Waals surface area (Å²) in [5, 5.41) is 15.2. The molecule has 6 heteroatoms. The highest BCUT2D eigenvalue weighted by atomic mass is 35.5. The summed E-state index contributed by atoms with van der Waals surface area (Å²) in [4.78, 5) is 12.3. The number of aryl methyl sites for hydroxylation is 1. The Morgan fingerprint density at radius 2 is 2.25 bits per heavy atom. The molecule has 2 heterocycles. The van der Waals surface area contributed by atoms with E-state index in [4.69, 9.17) is 16.7 Å². The fraction of sp³-hybridized carbons (Fsp3) is 0.143. The Labute approximate surface area is 124 Å². The average molecular weight is 307 g/mol. The number of halogens is 1. The van der Waals surface area contributed by atoms with Crippen LogP contribution < -0.4 is 0 Å². The second-order valence-corrected chi connectivity index (χ2v) is 5.79. The molecule has 1 aromatic carbocycles. The van der Waals surface area contributed by atoms with Gasteiger partial charge in [0.2, 0.25) is 0 Å². The summed E-state index contributed by atoms with van der Waals surface area (Å²) in [6.07, 6.45) is 0.750. The second-order valence-electron chi connectivity index (χ2n) is 4.33. The van der Waals surface area contributed by atoms with Crippen molar-refractivity contribution in [2.75, 3.05) is 0 Å². The number of carbonyl (C=O) groups is 1. The van der Waals surface area contributed by atoms with Crippen LogP contribution in [0.15, 0.2) is 30.3 Å². The van der Waals surface area contributed by atoms with E-state index in [1.165, 1.54) is 11.3 Å². The summed E-state index contributed by atoms with van der Waals surface area (Å²) in [6, 6.07) is 9.05. The van der Waals surface area contributed by atoms with Crippen molar-refractivity contribution in [3.8, 4) is 5.69 Å². The number of carboxylic acid groups (broad SMARTS) is 1. The Morgan fingerprint density at radius 3 is 2.90 bits per heavy atom. The Bertz CT molecular complexity index is 807. The summed E-state index contributed by atoms with van der Waals surface area (Å²) in [5.74, 6) is -0.911. The van der Waals surface area contributed by atoms with Gasteiger partial charge in [0.05, 0.1) is 11.4 Å². The van der Waals surface area contributed by atoms with Gasteiger partial charge in [-0.1, -0.05) is 24.6 Å². The third kappa shape index (κ3) is 2.09. The van der Waals surface area contributed by atoms with Crippen molar-refractivity contribution in [1.82, 2.24) is 9.78 Å². The van der Waals surface area contributed by atoms with Crippen molar-refractivity contribution in [2.45, 2.75) is 13.3 Å². The molecule has 0 radical (unpaired) electrons. The van der Waals surface area contributed by atoms with E-state index in [1.807, 2.05) is 25.1 Å². The molecule has 0 amide bonds. The lowest BCUT2D eigenvalue weighted by Crippen LogP contribution is -1.97. The van der Waals surface area contributed by atoms with Crippen molar-refractivity contribution in [3.05, 3.63) is 45.9 Å². The van der Waals surface area contributed by atoms with E-state index in [2.05, 4.69) is 5.10 Å². The minimum absolute atomic E-state index is 0.322. The molecule has 3 rings (SSSR count). The number of nitrogens with zero attached hydrogens (tertiary/aromatic N) is 2. The highest BCUT2D eigenvalue weighted by molar-refractivity contribution is 7.20. The van der Waals surface area contributed by atoms with Crippen LogP contribution in [0.3, 0.4) is 0 Å². The lowest BCUT2D eigenvalue weighted by atomic mass is 10.2. The van der Waals surface area contributed by atoms with E-state index in [9.17, 15) is 4.79 Å². The van der Waals surface area contributed by atoms with Crippen molar-refractivity contribution < 1.29 is 9.90 Å². The minimum atomic E-state index is -0.911. The van der Waals surface area contributed by atoms with Crippen LogP contribution in [0.5, 0.6) is 0 Å². The van der Waals surface area contributed by atoms with Crippen LogP contribution in [0.1, 0.15) is 22.3 Å². The van der Waals surface area contributed by atoms with E-state index in [0.29, 0.717) is 9.90 Å². The third-order valence-corrected chi connectivity index (χ3v) is 4.37. The van der Waals surface area contributed by atoms with Crippen molar-refractivity contribution in [1.29, 1.82) is 0 Å². The standard InChI is InChI=1S/C14H11ClN2O2S/c1-2-11-10-7-12(14(18)19)20-13(10)17(16-11)9-5-3-4-8(15)6-9/h3-7H,2H2,1H3,(H,18,19). The molecular formula is C14H11ClN2O2S. The molecule has 3 aromatic rings. The molecule has 0 unspecified atom stereocenters. The first-order valence-electron chi connectivity index (χ1n) is 6.11. The average Bonchev–Trinajstić information content (AvgIpc) is 2.96. The Kier molecular flexibility index (Phi) is 3.23. The first kappa shape index (κ1) is 13.1. The number of thiophene rings is 1. The van der Waals surface area contributed by atoms with Crippen LogP contribution in [0.4, 0.5) is 0 Å². The number of aromatic nitrogens is 2. The number of hydrogen-bond donors (Lipinski definition) is 1. The SMILES string of the molecule is CCc1nn(-c2cccc(Cl)c2)c2sc(C(=O)O)cc12. The molecule has 0 saturated heterocycles. The summed E-state index contributed by atoms with van der Waals surface area (Å²) < 4.78 is 1.76. The van der Waals surface area contributed by atoms with Crippen LogP contribution in [0.25, 0.3) is 15.9 Å². The van der Waals surface area contributed by atoms with Gasteiger partial charge in [-0.25, -0.2) is 9.48 Å². The number of hydrogen-bond acceptors (Lipinski definition) is 3. The molecular weight excluding hydrogens is 296 g/mol. The zero-order valence-electron chi connectivity index (χ0n) is 10.6. The second kappa shape index (κ2) is 4.92. The lowest BCUT2D eigenvalue weighted by molar-refractivity contribution is 0.0702. The van der Waals surface area contributed by atoms with Gasteiger partial charge in [-0.3, -0.25) is 0 Å². The summed E-state index contributed by atoms with van der Waals surface area (Å²) in [6.45, 7) is 2.00. The number of aromatic carboxylic acids is 1. The van der Waals surface area contributed by atoms with Gasteiger partial charge in [-0.05, 0) is 30.7 Å². The van der Waals surface area contributed by atoms with Gasteiger partial charge >= 0.3 is 5.97 Å². The number of carboxylic acids is 1. The molecule has 20 heavy (non-hydrogen) atoms. The molecule has 0 aliphatic rings. The normalized spacial score (nSPS) is 11.1. The highest BCUT2D eigenvalue weighted by Gasteiger charge is 2.17. The largest absolute Gasteiger partial charge is 0.477 e. The topological polar surface area (TPSA) is 55.1 Å². The molecule has 0 saturated carbocycles. The van der Waals surface area contributed by atoms with Gasteiger partial charge in [0.15, 0.2) is 0 Å². The Morgan fingerprint density at radius 1 is 1.45 bits per heavy atom. The van der Waals surface area contributed by atoms with E-state index < -0.39 is 5.97 Å². The van der Waals surface area contributed by atoms with Gasteiger partial charge in [0, 0.05) is 10.4 Å². The molecule has 102 valence electrons. The predicted molar refractivity (Wildman–Crippen MR) is 80.3 cm³/mol. The van der Waals surface area contributed by atoms with Crippen LogP contribution in [0.2, 0.25) is 5.02 Å². The van der Waals surface area contributed by atoms with Crippen LogP contribution in [-0.4, -0.2) is 20.9 Å². The molecule has 0 aliphatic carbocycles. The van der Waals surface area contributed by atoms with Crippen molar-refractivity contribution >= 4 is 39.1 Å². The molecule has 0 fully saturated rings. The van der Waals surface area contributed by atoms with E-state index in [0.717, 1.165) is 28.0 Å². The van der Waals surface area contributed by atoms with Crippen LogP contribution in [-0.2, 0) is 6.42 Å². The fourth-order valence-electron chi connectivity index (χ4n) is 2.11. The molecule has 1 N–H and O–H groups in total. The predicted octanol–water partition coefficient (Wildman–Crippen LogP) is 4.00. The van der Waals surface area contributed by atoms with Gasteiger partial charge in [0.1, 0.15) is 9.71 Å². The Hall–Kier alpha value is -1.85. The van der Waals surface area contributed by atoms with Crippen molar-refractivity contribution in [2.24, 2.45) is 0 Å². The molecule has 0 atom stereocenters. The van der Waals surface area contributed by atoms with E-state index in [1.54, 1.807) is 16.8 Å². The van der Waals surface area contributed by atoms with Gasteiger partial charge < -0.3 is 5.11 Å². The highest BCUT2D eigenvalue weighted by Crippen LogP contribution is 2.31. The fourth-order valence-corrected chi connectivity index (χ4v) is 3.29. The van der Waals surface area contributed by atoms with Gasteiger partial charge in [0.25, 0.3) is 0 Å². The zero-order valence-corrected chi connectivity index (χ0v) is 12.2. The maximum atomic E-state index is 11.1. The molecule has 4 nitrogen and oxygen atoms in total.